The minimum Gasteiger partial charge on any atom is -0.310 e. The number of nitrogens with one attached hydrogen (secondary N) is 1. The highest BCUT2D eigenvalue weighted by molar-refractivity contribution is 5.19. The van der Waals surface area contributed by atoms with Crippen molar-refractivity contribution in [3.63, 3.8) is 0 Å². The predicted octanol–water partition coefficient (Wildman–Crippen LogP) is 3.32. The molecule has 2 rings (SSSR count). The fourth-order valence-electron chi connectivity index (χ4n) is 2.70. The average molecular weight is 282 g/mol. The average Bonchev–Trinajstić information content (AvgIpc) is 2.37. The third-order valence-corrected chi connectivity index (χ3v) is 4.07. The molecule has 0 saturated carbocycles. The summed E-state index contributed by atoms with van der Waals surface area (Å²) in [6.07, 6.45) is 2.04. The van der Waals surface area contributed by atoms with Gasteiger partial charge in [-0.2, -0.15) is 0 Å². The van der Waals surface area contributed by atoms with Crippen LogP contribution in [0.3, 0.4) is 0 Å². The first-order valence-corrected chi connectivity index (χ1v) is 7.29. The van der Waals surface area contributed by atoms with Crippen molar-refractivity contribution in [1.82, 2.24) is 10.2 Å². The Morgan fingerprint density at radius 3 is 2.20 bits per heavy atom. The van der Waals surface area contributed by atoms with E-state index < -0.39 is 11.6 Å². The van der Waals surface area contributed by atoms with Crippen LogP contribution < -0.4 is 5.32 Å². The molecular formula is C16H24F2N2. The van der Waals surface area contributed by atoms with Gasteiger partial charge in [0.2, 0.25) is 0 Å². The molecule has 20 heavy (non-hydrogen) atoms. The van der Waals surface area contributed by atoms with E-state index in [1.54, 1.807) is 0 Å². The van der Waals surface area contributed by atoms with Crippen LogP contribution in [0.2, 0.25) is 0 Å². The zero-order valence-electron chi connectivity index (χ0n) is 12.5. The van der Waals surface area contributed by atoms with Gasteiger partial charge in [-0.15, -0.1) is 0 Å². The number of piperidine rings is 1. The highest BCUT2D eigenvalue weighted by Crippen LogP contribution is 2.20. The van der Waals surface area contributed by atoms with Gasteiger partial charge in [-0.1, -0.05) is 6.07 Å². The second kappa shape index (κ2) is 6.19. The van der Waals surface area contributed by atoms with E-state index in [2.05, 4.69) is 31.0 Å². The Labute approximate surface area is 120 Å². The van der Waals surface area contributed by atoms with Gasteiger partial charge in [0.1, 0.15) is 11.6 Å². The lowest BCUT2D eigenvalue weighted by atomic mass is 9.98. The summed E-state index contributed by atoms with van der Waals surface area (Å²) in [6.45, 7) is 8.97. The largest absolute Gasteiger partial charge is 0.310 e. The van der Waals surface area contributed by atoms with Crippen LogP contribution in [0, 0.1) is 11.6 Å². The molecule has 0 unspecified atom stereocenters. The first-order valence-electron chi connectivity index (χ1n) is 7.29. The normalized spacial score (nSPS) is 18.4. The zero-order valence-corrected chi connectivity index (χ0v) is 12.5. The molecule has 2 nitrogen and oxygen atoms in total. The van der Waals surface area contributed by atoms with Gasteiger partial charge in [-0.25, -0.2) is 8.78 Å². The standard InChI is InChI=1S/C16H24F2N2/c1-16(2,3)20-9-7-12(8-10-20)19-11-13-14(17)5-4-6-15(13)18/h4-6,12,19H,7-11H2,1-3H3. The van der Waals surface area contributed by atoms with E-state index in [0.717, 1.165) is 25.9 Å². The van der Waals surface area contributed by atoms with Crippen molar-refractivity contribution >= 4 is 0 Å². The quantitative estimate of drug-likeness (QED) is 0.915. The minimum absolute atomic E-state index is 0.144. The summed E-state index contributed by atoms with van der Waals surface area (Å²) in [4.78, 5) is 2.45. The Kier molecular flexibility index (Phi) is 4.76. The fourth-order valence-corrected chi connectivity index (χ4v) is 2.70. The molecule has 0 aliphatic carbocycles. The fraction of sp³-hybridized carbons (Fsp3) is 0.625. The van der Waals surface area contributed by atoms with Gasteiger partial charge >= 0.3 is 0 Å². The molecule has 1 fully saturated rings. The van der Waals surface area contributed by atoms with Crippen molar-refractivity contribution in [3.8, 4) is 0 Å². The van der Waals surface area contributed by atoms with Crippen LogP contribution in [-0.4, -0.2) is 29.6 Å². The number of rotatable bonds is 3. The SMILES string of the molecule is CC(C)(C)N1CCC(NCc2c(F)cccc2F)CC1. The highest BCUT2D eigenvalue weighted by atomic mass is 19.1. The Hall–Kier alpha value is -1.00. The second-order valence-electron chi connectivity index (χ2n) is 6.51. The van der Waals surface area contributed by atoms with Crippen molar-refractivity contribution in [2.45, 2.75) is 51.7 Å². The maximum absolute atomic E-state index is 13.5. The van der Waals surface area contributed by atoms with Gasteiger partial charge in [0.15, 0.2) is 0 Å². The number of hydrogen-bond donors (Lipinski definition) is 1. The van der Waals surface area contributed by atoms with E-state index in [4.69, 9.17) is 0 Å². The summed E-state index contributed by atoms with van der Waals surface area (Å²) in [6, 6.07) is 4.35. The number of benzene rings is 1. The zero-order chi connectivity index (χ0) is 14.8. The Bertz CT molecular complexity index is 426. The number of halogens is 2. The highest BCUT2D eigenvalue weighted by Gasteiger charge is 2.26. The third-order valence-electron chi connectivity index (χ3n) is 4.07. The Morgan fingerprint density at radius 2 is 1.70 bits per heavy atom. The lowest BCUT2D eigenvalue weighted by Crippen LogP contribution is -2.49. The number of hydrogen-bond acceptors (Lipinski definition) is 2. The second-order valence-corrected chi connectivity index (χ2v) is 6.51. The molecule has 0 aromatic heterocycles. The van der Waals surface area contributed by atoms with E-state index in [-0.39, 0.29) is 17.6 Å². The molecule has 1 aromatic carbocycles. The maximum Gasteiger partial charge on any atom is 0.130 e. The van der Waals surface area contributed by atoms with Crippen LogP contribution in [0.4, 0.5) is 8.78 Å². The summed E-state index contributed by atoms with van der Waals surface area (Å²) in [5.74, 6) is -0.936. The minimum atomic E-state index is -0.468. The van der Waals surface area contributed by atoms with Crippen molar-refractivity contribution in [2.24, 2.45) is 0 Å². The Balaban J connectivity index is 1.85. The molecule has 0 radical (unpaired) electrons. The van der Waals surface area contributed by atoms with E-state index in [1.165, 1.54) is 18.2 Å². The van der Waals surface area contributed by atoms with E-state index in [1.807, 2.05) is 0 Å². The Morgan fingerprint density at radius 1 is 1.15 bits per heavy atom. The van der Waals surface area contributed by atoms with Crippen molar-refractivity contribution in [3.05, 3.63) is 35.4 Å². The van der Waals surface area contributed by atoms with Crippen LogP contribution in [0.15, 0.2) is 18.2 Å². The molecule has 1 aromatic rings. The van der Waals surface area contributed by atoms with Gasteiger partial charge in [0.25, 0.3) is 0 Å². The molecule has 1 aliphatic heterocycles. The van der Waals surface area contributed by atoms with Gasteiger partial charge in [-0.05, 0) is 45.7 Å². The summed E-state index contributed by atoms with van der Waals surface area (Å²) in [5.41, 5.74) is 0.341. The first-order chi connectivity index (χ1) is 9.38. The molecule has 0 spiro atoms. The van der Waals surface area contributed by atoms with Crippen molar-refractivity contribution in [1.29, 1.82) is 0 Å². The van der Waals surface area contributed by atoms with E-state index >= 15 is 0 Å². The molecule has 0 amide bonds. The maximum atomic E-state index is 13.5. The van der Waals surface area contributed by atoms with Gasteiger partial charge < -0.3 is 5.32 Å². The molecule has 0 bridgehead atoms. The molecule has 0 atom stereocenters. The molecule has 4 heteroatoms. The summed E-state index contributed by atoms with van der Waals surface area (Å²) >= 11 is 0. The van der Waals surface area contributed by atoms with Crippen LogP contribution in [-0.2, 0) is 6.54 Å². The number of nitrogens with zero attached hydrogens (tertiary/aromatic N) is 1. The number of likely N-dealkylation sites (tertiary alicyclic amines) is 1. The molecule has 1 aliphatic rings. The first kappa shape index (κ1) is 15.4. The molecule has 1 heterocycles. The third kappa shape index (κ3) is 3.76. The van der Waals surface area contributed by atoms with Crippen LogP contribution in [0.25, 0.3) is 0 Å². The molecule has 1 saturated heterocycles. The summed E-state index contributed by atoms with van der Waals surface area (Å²) in [5, 5.41) is 3.28. The molecule has 1 N–H and O–H groups in total. The summed E-state index contributed by atoms with van der Waals surface area (Å²) in [7, 11) is 0. The lowest BCUT2D eigenvalue weighted by molar-refractivity contribution is 0.0959. The van der Waals surface area contributed by atoms with Crippen molar-refractivity contribution in [2.75, 3.05) is 13.1 Å². The van der Waals surface area contributed by atoms with E-state index in [0.29, 0.717) is 6.04 Å². The van der Waals surface area contributed by atoms with Crippen LogP contribution in [0.5, 0.6) is 0 Å². The van der Waals surface area contributed by atoms with Gasteiger partial charge in [0.05, 0.1) is 0 Å². The van der Waals surface area contributed by atoms with Crippen molar-refractivity contribution < 1.29 is 8.78 Å². The smallest absolute Gasteiger partial charge is 0.130 e. The predicted molar refractivity (Wildman–Crippen MR) is 77.5 cm³/mol. The van der Waals surface area contributed by atoms with E-state index in [9.17, 15) is 8.78 Å². The van der Waals surface area contributed by atoms with Gasteiger partial charge in [-0.3, -0.25) is 4.90 Å². The van der Waals surface area contributed by atoms with Crippen LogP contribution in [0.1, 0.15) is 39.2 Å². The topological polar surface area (TPSA) is 15.3 Å². The molecular weight excluding hydrogens is 258 g/mol. The van der Waals surface area contributed by atoms with Gasteiger partial charge in [0, 0.05) is 36.8 Å². The lowest BCUT2D eigenvalue weighted by Gasteiger charge is -2.41. The van der Waals surface area contributed by atoms with Crippen LogP contribution >= 0.6 is 0 Å². The summed E-state index contributed by atoms with van der Waals surface area (Å²) < 4.78 is 27.1. The monoisotopic (exact) mass is 282 g/mol. The molecule has 112 valence electrons.